The Labute approximate surface area is 123 Å². The first-order chi connectivity index (χ1) is 9.36. The van der Waals surface area contributed by atoms with Crippen LogP contribution in [0.2, 0.25) is 11.8 Å². The minimum atomic E-state index is -3.77. The molecular formula is C11H14BClN3O3S+. The Morgan fingerprint density at radius 1 is 1.50 bits per heavy atom. The molecule has 2 rings (SSSR count). The maximum absolute atomic E-state index is 12.4. The van der Waals surface area contributed by atoms with Crippen molar-refractivity contribution in [3.8, 4) is 0 Å². The number of aryl methyl sites for hydroxylation is 2. The van der Waals surface area contributed by atoms with E-state index in [2.05, 4.69) is 9.88 Å². The second kappa shape index (κ2) is 5.45. The molecular weight excluding hydrogens is 300 g/mol. The summed E-state index contributed by atoms with van der Waals surface area (Å²) >= 11 is 5.92. The van der Waals surface area contributed by atoms with Gasteiger partial charge in [0.1, 0.15) is 22.6 Å². The van der Waals surface area contributed by atoms with Crippen molar-refractivity contribution in [2.24, 2.45) is 7.05 Å². The van der Waals surface area contributed by atoms with E-state index in [1.165, 1.54) is 0 Å². The van der Waals surface area contributed by atoms with E-state index in [1.807, 2.05) is 6.82 Å². The maximum Gasteiger partial charge on any atom is 0.268 e. The van der Waals surface area contributed by atoms with Gasteiger partial charge in [0.25, 0.3) is 10.0 Å². The number of aromatic nitrogens is 2. The van der Waals surface area contributed by atoms with Gasteiger partial charge in [0, 0.05) is 6.07 Å². The van der Waals surface area contributed by atoms with Crippen LogP contribution in [0, 0.1) is 6.92 Å². The number of nitrogens with one attached hydrogen (secondary N) is 1. The Balaban J connectivity index is 2.46. The van der Waals surface area contributed by atoms with Crippen LogP contribution in [-0.4, -0.2) is 20.9 Å². The quantitative estimate of drug-likeness (QED) is 0.653. The molecule has 0 bridgehead atoms. The van der Waals surface area contributed by atoms with Crippen molar-refractivity contribution in [3.05, 3.63) is 29.1 Å². The topological polar surface area (TPSA) is 76.1 Å². The van der Waals surface area contributed by atoms with E-state index < -0.39 is 10.0 Å². The van der Waals surface area contributed by atoms with Gasteiger partial charge >= 0.3 is 0 Å². The molecule has 0 aromatic carbocycles. The molecule has 0 aliphatic carbocycles. The Hall–Kier alpha value is -1.54. The summed E-state index contributed by atoms with van der Waals surface area (Å²) in [4.78, 5) is 0.196. The highest BCUT2D eigenvalue weighted by Gasteiger charge is 2.26. The summed E-state index contributed by atoms with van der Waals surface area (Å²) < 4.78 is 33.8. The second-order valence-electron chi connectivity index (χ2n) is 4.29. The molecule has 0 amide bonds. The number of hydrogen-bond donors (Lipinski definition) is 1. The SMILES string of the molecule is CBc1c(S(=O)(=O)Nc2noc(C)c2Cl)ccc[n+]1C. The van der Waals surface area contributed by atoms with E-state index in [9.17, 15) is 8.42 Å². The number of anilines is 1. The molecule has 0 spiro atoms. The lowest BCUT2D eigenvalue weighted by Gasteiger charge is -2.07. The predicted molar refractivity (Wildman–Crippen MR) is 77.3 cm³/mol. The first-order valence-corrected chi connectivity index (χ1v) is 7.85. The Morgan fingerprint density at radius 3 is 2.75 bits per heavy atom. The summed E-state index contributed by atoms with van der Waals surface area (Å²) in [5, 5.41) is 3.76. The third-order valence-electron chi connectivity index (χ3n) is 2.91. The highest BCUT2D eigenvalue weighted by Crippen LogP contribution is 2.26. The molecule has 106 valence electrons. The largest absolute Gasteiger partial charge is 0.358 e. The summed E-state index contributed by atoms with van der Waals surface area (Å²) in [6, 6.07) is 3.21. The van der Waals surface area contributed by atoms with E-state index in [0.29, 0.717) is 18.6 Å². The number of rotatable bonds is 4. The van der Waals surface area contributed by atoms with Gasteiger partial charge in [-0.15, -0.1) is 0 Å². The maximum atomic E-state index is 12.4. The monoisotopic (exact) mass is 314 g/mol. The van der Waals surface area contributed by atoms with E-state index in [-0.39, 0.29) is 15.7 Å². The molecule has 2 aromatic rings. The van der Waals surface area contributed by atoms with Gasteiger partial charge in [-0.05, 0) is 13.0 Å². The predicted octanol–water partition coefficient (Wildman–Crippen LogP) is 0.372. The third kappa shape index (κ3) is 2.66. The molecule has 0 aliphatic heterocycles. The summed E-state index contributed by atoms with van der Waals surface area (Å²) in [6.45, 7) is 3.49. The summed E-state index contributed by atoms with van der Waals surface area (Å²) in [5.74, 6) is 0.358. The van der Waals surface area contributed by atoms with Crippen LogP contribution in [0.15, 0.2) is 27.7 Å². The Kier molecular flexibility index (Phi) is 4.05. The fourth-order valence-electron chi connectivity index (χ4n) is 1.89. The normalized spacial score (nSPS) is 11.4. The van der Waals surface area contributed by atoms with Crippen LogP contribution < -0.4 is 14.9 Å². The fourth-order valence-corrected chi connectivity index (χ4v) is 3.43. The number of halogens is 1. The van der Waals surface area contributed by atoms with Crippen LogP contribution in [0.25, 0.3) is 0 Å². The standard InChI is InChI=1S/C11H14BClN3O3S/c1-7-9(13)11(14-19-7)15-20(17,18)8-5-4-6-16(3)10(8)12-2/h4-6,12H,1-3H3,(H,14,15)/q+1. The first-order valence-electron chi connectivity index (χ1n) is 5.99. The molecule has 1 N–H and O–H groups in total. The fraction of sp³-hybridized carbons (Fsp3) is 0.273. The summed E-state index contributed by atoms with van der Waals surface area (Å²) in [6.07, 6.45) is 1.80. The van der Waals surface area contributed by atoms with Crippen LogP contribution in [0.5, 0.6) is 0 Å². The second-order valence-corrected chi connectivity index (χ2v) is 6.32. The highest BCUT2D eigenvalue weighted by atomic mass is 35.5. The zero-order valence-electron chi connectivity index (χ0n) is 11.3. The molecule has 0 aliphatic rings. The lowest BCUT2D eigenvalue weighted by Crippen LogP contribution is -2.51. The first kappa shape index (κ1) is 14.9. The van der Waals surface area contributed by atoms with Crippen molar-refractivity contribution >= 4 is 40.3 Å². The number of pyridine rings is 1. The Bertz CT molecular complexity index is 745. The van der Waals surface area contributed by atoms with Crippen LogP contribution in [0.4, 0.5) is 5.82 Å². The molecule has 0 unspecified atom stereocenters. The third-order valence-corrected chi connectivity index (χ3v) is 4.77. The molecule has 0 radical (unpaired) electrons. The average molecular weight is 315 g/mol. The van der Waals surface area contributed by atoms with Gasteiger partial charge in [-0.3, -0.25) is 4.72 Å². The van der Waals surface area contributed by atoms with E-state index in [1.54, 1.807) is 36.9 Å². The molecule has 0 saturated carbocycles. The smallest absolute Gasteiger partial charge is 0.268 e. The minimum Gasteiger partial charge on any atom is -0.358 e. The van der Waals surface area contributed by atoms with Crippen LogP contribution in [-0.2, 0) is 17.1 Å². The van der Waals surface area contributed by atoms with Gasteiger partial charge in [-0.2, -0.15) is 0 Å². The average Bonchev–Trinajstić information content (AvgIpc) is 2.70. The van der Waals surface area contributed by atoms with Gasteiger partial charge in [0.05, 0.1) is 0 Å². The van der Waals surface area contributed by atoms with Crippen LogP contribution in [0.1, 0.15) is 5.76 Å². The lowest BCUT2D eigenvalue weighted by atomic mass is 9.77. The molecule has 2 heterocycles. The van der Waals surface area contributed by atoms with E-state index in [4.69, 9.17) is 16.1 Å². The van der Waals surface area contributed by atoms with Crippen molar-refractivity contribution < 1.29 is 17.5 Å². The number of sulfonamides is 1. The van der Waals surface area contributed by atoms with Gasteiger partial charge in [-0.25, -0.2) is 13.0 Å². The zero-order valence-corrected chi connectivity index (χ0v) is 12.9. The zero-order chi connectivity index (χ0) is 14.9. The van der Waals surface area contributed by atoms with Crippen molar-refractivity contribution in [3.63, 3.8) is 0 Å². The van der Waals surface area contributed by atoms with Crippen molar-refractivity contribution in [1.29, 1.82) is 0 Å². The van der Waals surface area contributed by atoms with Gasteiger partial charge in [0.15, 0.2) is 12.0 Å². The van der Waals surface area contributed by atoms with Gasteiger partial charge in [0.2, 0.25) is 13.1 Å². The van der Waals surface area contributed by atoms with Gasteiger partial charge in [-0.1, -0.05) is 23.6 Å². The molecule has 6 nitrogen and oxygen atoms in total. The molecule has 20 heavy (non-hydrogen) atoms. The molecule has 0 fully saturated rings. The van der Waals surface area contributed by atoms with Crippen molar-refractivity contribution in [2.45, 2.75) is 18.6 Å². The van der Waals surface area contributed by atoms with Crippen LogP contribution >= 0.6 is 11.6 Å². The highest BCUT2D eigenvalue weighted by molar-refractivity contribution is 7.93. The van der Waals surface area contributed by atoms with E-state index in [0.717, 1.165) is 0 Å². The number of hydrogen-bond acceptors (Lipinski definition) is 4. The number of nitrogens with zero attached hydrogens (tertiary/aromatic N) is 2. The van der Waals surface area contributed by atoms with Crippen molar-refractivity contribution in [2.75, 3.05) is 4.72 Å². The van der Waals surface area contributed by atoms with Crippen LogP contribution in [0.3, 0.4) is 0 Å². The molecule has 0 atom stereocenters. The summed E-state index contributed by atoms with van der Waals surface area (Å²) in [5.41, 5.74) is 0.691. The summed E-state index contributed by atoms with van der Waals surface area (Å²) in [7, 11) is -1.39. The molecule has 2 aromatic heterocycles. The lowest BCUT2D eigenvalue weighted by molar-refractivity contribution is -0.655. The van der Waals surface area contributed by atoms with Gasteiger partial charge < -0.3 is 4.52 Å². The van der Waals surface area contributed by atoms with E-state index >= 15 is 0 Å². The Morgan fingerprint density at radius 2 is 2.20 bits per heavy atom. The minimum absolute atomic E-state index is 0.00211. The molecule has 0 saturated heterocycles. The molecule has 9 heteroatoms. The van der Waals surface area contributed by atoms with Crippen molar-refractivity contribution in [1.82, 2.24) is 5.16 Å².